The quantitative estimate of drug-likeness (QED) is 0.420. The van der Waals surface area contributed by atoms with E-state index in [4.69, 9.17) is 31.4 Å². The molecule has 0 spiro atoms. The second-order valence-electron chi connectivity index (χ2n) is 3.29. The van der Waals surface area contributed by atoms with Crippen LogP contribution in [0.3, 0.4) is 0 Å². The number of rotatable bonds is 0. The summed E-state index contributed by atoms with van der Waals surface area (Å²) in [7, 11) is 22.1. The first-order valence-corrected chi connectivity index (χ1v) is 3.85. The minimum atomic E-state index is -1.09. The Hall–Kier alpha value is 0.180. The van der Waals surface area contributed by atoms with Crippen molar-refractivity contribution in [2.75, 3.05) is 0 Å². The van der Waals surface area contributed by atoms with E-state index in [0.717, 1.165) is 0 Å². The summed E-state index contributed by atoms with van der Waals surface area (Å²) in [5, 5.41) is 18.6. The maximum atomic E-state index is 9.31. The van der Waals surface area contributed by atoms with Crippen LogP contribution in [0, 0.1) is 0 Å². The van der Waals surface area contributed by atoms with E-state index in [2.05, 4.69) is 0 Å². The Morgan fingerprint density at radius 1 is 0.583 bits per heavy atom. The molecule has 0 aromatic heterocycles. The zero-order chi connectivity index (χ0) is 9.46. The normalized spacial score (nSPS) is 55.2. The Bertz CT molecular complexity index is 109. The number of hydrogen-bond donors (Lipinski definition) is 2. The maximum Gasteiger partial charge on any atom is 0.0740 e. The van der Waals surface area contributed by atoms with Crippen LogP contribution in [0.15, 0.2) is 0 Å². The number of aliphatic hydroxyl groups excluding tert-OH is 2. The predicted octanol–water partition coefficient (Wildman–Crippen LogP) is -1.45. The lowest BCUT2D eigenvalue weighted by Crippen LogP contribution is -2.44. The van der Waals surface area contributed by atoms with Crippen molar-refractivity contribution in [2.24, 2.45) is 0 Å². The Balaban J connectivity index is 2.76. The van der Waals surface area contributed by atoms with E-state index in [9.17, 15) is 10.2 Å². The van der Waals surface area contributed by atoms with Crippen molar-refractivity contribution in [1.29, 1.82) is 0 Å². The lowest BCUT2D eigenvalue weighted by molar-refractivity contribution is -0.00624. The van der Waals surface area contributed by atoms with Crippen LogP contribution >= 0.6 is 0 Å². The molecule has 0 aliphatic heterocycles. The van der Waals surface area contributed by atoms with Crippen LogP contribution < -0.4 is 0 Å². The van der Waals surface area contributed by atoms with Crippen LogP contribution in [0.2, 0.25) is 23.3 Å². The molecule has 1 aliphatic carbocycles. The minimum absolute atomic E-state index is 0.571. The molecule has 0 bridgehead atoms. The van der Waals surface area contributed by atoms with E-state index in [-0.39, 0.29) is 0 Å². The monoisotopic (exact) mass is 156 g/mol. The summed E-state index contributed by atoms with van der Waals surface area (Å²) in [5.74, 6) is -2.57. The van der Waals surface area contributed by atoms with Crippen LogP contribution in [0.5, 0.6) is 0 Å². The minimum Gasteiger partial charge on any atom is -0.391 e. The van der Waals surface area contributed by atoms with Crippen molar-refractivity contribution in [2.45, 2.75) is 35.5 Å². The van der Waals surface area contributed by atoms with E-state index in [1.54, 1.807) is 0 Å². The number of hydrogen-bond acceptors (Lipinski definition) is 2. The third-order valence-corrected chi connectivity index (χ3v) is 2.47. The van der Waals surface area contributed by atoms with Gasteiger partial charge in [-0.25, -0.2) is 0 Å². The highest BCUT2D eigenvalue weighted by atomic mass is 16.3. The topological polar surface area (TPSA) is 40.5 Å². The van der Waals surface area contributed by atoms with Crippen LogP contribution in [0.4, 0.5) is 0 Å². The van der Waals surface area contributed by atoms with Crippen LogP contribution in [-0.2, 0) is 0 Å². The van der Waals surface area contributed by atoms with Crippen molar-refractivity contribution in [3.63, 3.8) is 0 Å². The van der Waals surface area contributed by atoms with Gasteiger partial charge >= 0.3 is 0 Å². The van der Waals surface area contributed by atoms with Crippen LogP contribution in [0.25, 0.3) is 0 Å². The summed E-state index contributed by atoms with van der Waals surface area (Å²) < 4.78 is 0. The zero-order valence-corrected chi connectivity index (χ0v) is 6.67. The average molecular weight is 155 g/mol. The second kappa shape index (κ2) is 3.51. The molecule has 56 valence electrons. The average Bonchev–Trinajstić information content (AvgIpc) is 2.08. The molecule has 1 aliphatic rings. The maximum absolute atomic E-state index is 9.31. The smallest absolute Gasteiger partial charge is 0.0740 e. The molecule has 2 N–H and O–H groups in total. The molecule has 0 aromatic rings. The molecule has 0 saturated heterocycles. The summed E-state index contributed by atoms with van der Waals surface area (Å²) in [4.78, 5) is 0. The Labute approximate surface area is 77.8 Å². The summed E-state index contributed by atoms with van der Waals surface area (Å²) in [5.41, 5.74) is 0. The first-order valence-electron chi connectivity index (χ1n) is 3.85. The largest absolute Gasteiger partial charge is 0.391 e. The Morgan fingerprint density at radius 3 is 1.08 bits per heavy atom. The molecule has 2 nitrogen and oxygen atoms in total. The van der Waals surface area contributed by atoms with Gasteiger partial charge in [0.2, 0.25) is 0 Å². The molecule has 6 unspecified atom stereocenters. The zero-order valence-electron chi connectivity index (χ0n) is 6.67. The summed E-state index contributed by atoms with van der Waals surface area (Å²) in [6, 6.07) is 0. The standard InChI is InChI=1S/C6H8B4O2/c7-1-2(8)4(10)6(12)5(11)3(1)9/h1-6,11-12H. The first kappa shape index (κ1) is 10.3. The molecule has 8 radical (unpaired) electrons. The van der Waals surface area contributed by atoms with Gasteiger partial charge in [0.15, 0.2) is 0 Å². The molecule has 0 heterocycles. The van der Waals surface area contributed by atoms with E-state index in [1.807, 2.05) is 0 Å². The summed E-state index contributed by atoms with van der Waals surface area (Å²) in [6.45, 7) is 0. The molecule has 12 heavy (non-hydrogen) atoms. The van der Waals surface area contributed by atoms with E-state index in [0.29, 0.717) is 0 Å². The van der Waals surface area contributed by atoms with Gasteiger partial charge in [-0.2, -0.15) is 0 Å². The van der Waals surface area contributed by atoms with Crippen molar-refractivity contribution < 1.29 is 10.2 Å². The van der Waals surface area contributed by atoms with E-state index in [1.165, 1.54) is 0 Å². The third kappa shape index (κ3) is 1.47. The van der Waals surface area contributed by atoms with Gasteiger partial charge in [-0.05, 0) is 0 Å². The van der Waals surface area contributed by atoms with Gasteiger partial charge in [-0.15, -0.1) is 0 Å². The molecular weight excluding hydrogens is 147 g/mol. The van der Waals surface area contributed by atoms with Gasteiger partial charge in [0.1, 0.15) is 0 Å². The van der Waals surface area contributed by atoms with E-state index < -0.39 is 35.5 Å². The van der Waals surface area contributed by atoms with Gasteiger partial charge in [0.25, 0.3) is 0 Å². The fourth-order valence-corrected chi connectivity index (χ4v) is 1.42. The molecule has 6 atom stereocenters. The molecule has 0 aromatic carbocycles. The van der Waals surface area contributed by atoms with Gasteiger partial charge in [0.05, 0.1) is 43.6 Å². The van der Waals surface area contributed by atoms with Crippen molar-refractivity contribution in [3.05, 3.63) is 0 Å². The van der Waals surface area contributed by atoms with Gasteiger partial charge < -0.3 is 10.2 Å². The molecule has 1 saturated carbocycles. The SMILES string of the molecule is [B]C1C([B])C([B])C(O)C(O)C1[B]. The molecular formula is C6H8B4O2. The summed E-state index contributed by atoms with van der Waals surface area (Å²) >= 11 is 0. The molecule has 1 rings (SSSR count). The van der Waals surface area contributed by atoms with Crippen molar-refractivity contribution in [1.82, 2.24) is 0 Å². The van der Waals surface area contributed by atoms with Crippen LogP contribution in [-0.4, -0.2) is 53.8 Å². The third-order valence-electron chi connectivity index (χ3n) is 2.47. The predicted molar refractivity (Wildman–Crippen MR) is 50.0 cm³/mol. The molecule has 6 heteroatoms. The highest BCUT2D eigenvalue weighted by molar-refractivity contribution is 6.30. The van der Waals surface area contributed by atoms with Crippen molar-refractivity contribution >= 4 is 31.4 Å². The fraction of sp³-hybridized carbons (Fsp3) is 1.00. The lowest BCUT2D eigenvalue weighted by Gasteiger charge is -2.45. The van der Waals surface area contributed by atoms with Crippen LogP contribution in [0.1, 0.15) is 0 Å². The Morgan fingerprint density at radius 2 is 0.833 bits per heavy atom. The van der Waals surface area contributed by atoms with Gasteiger partial charge in [0, 0.05) is 0 Å². The fourth-order valence-electron chi connectivity index (χ4n) is 1.42. The van der Waals surface area contributed by atoms with Gasteiger partial charge in [-0.1, -0.05) is 23.3 Å². The van der Waals surface area contributed by atoms with Gasteiger partial charge in [-0.3, -0.25) is 0 Å². The second-order valence-corrected chi connectivity index (χ2v) is 3.29. The van der Waals surface area contributed by atoms with E-state index >= 15 is 0 Å². The summed E-state index contributed by atoms with van der Waals surface area (Å²) in [6.07, 6.45) is -2.18. The highest BCUT2D eigenvalue weighted by Crippen LogP contribution is 2.46. The highest BCUT2D eigenvalue weighted by Gasteiger charge is 2.39. The number of aliphatic hydroxyl groups is 2. The van der Waals surface area contributed by atoms with Crippen molar-refractivity contribution in [3.8, 4) is 0 Å². The molecule has 1 fully saturated rings. The molecule has 0 amide bonds. The Kier molecular flexibility index (Phi) is 3.00. The lowest BCUT2D eigenvalue weighted by atomic mass is 9.43. The first-order chi connectivity index (χ1) is 5.46.